The zero-order valence-electron chi connectivity index (χ0n) is 17.7. The number of nitrogens with one attached hydrogen (secondary N) is 2. The van der Waals surface area contributed by atoms with Crippen LogP contribution in [-0.2, 0) is 9.59 Å². The standard InChI is InChI=1S/C21H24N6O3S/c1-13(2)15-5-8-17(9-6-15)27-21(24-25-26-27)31-12-20(29)23-18-11-16(22-14(3)28)7-10-19(18)30-4/h5-11,13H,12H2,1-4H3,(H,22,28)(H,23,29). The molecule has 1 aromatic heterocycles. The maximum atomic E-state index is 12.5. The molecule has 0 aliphatic carbocycles. The number of aromatic nitrogens is 4. The number of hydrogen-bond donors (Lipinski definition) is 2. The summed E-state index contributed by atoms with van der Waals surface area (Å²) in [6, 6.07) is 13.0. The lowest BCUT2D eigenvalue weighted by molar-refractivity contribution is -0.114. The van der Waals surface area contributed by atoms with Gasteiger partial charge in [-0.3, -0.25) is 9.59 Å². The first-order valence-corrected chi connectivity index (χ1v) is 10.6. The third-order valence-electron chi connectivity index (χ3n) is 4.37. The summed E-state index contributed by atoms with van der Waals surface area (Å²) >= 11 is 1.22. The van der Waals surface area contributed by atoms with E-state index >= 15 is 0 Å². The molecule has 0 spiro atoms. The Hall–Kier alpha value is -3.40. The molecule has 0 unspecified atom stereocenters. The molecule has 0 atom stereocenters. The SMILES string of the molecule is COc1ccc(NC(C)=O)cc1NC(=O)CSc1nnnn1-c1ccc(C(C)C)cc1. The molecule has 31 heavy (non-hydrogen) atoms. The largest absolute Gasteiger partial charge is 0.495 e. The Balaban J connectivity index is 1.67. The van der Waals surface area contributed by atoms with E-state index < -0.39 is 0 Å². The van der Waals surface area contributed by atoms with Crippen LogP contribution in [-0.4, -0.2) is 44.9 Å². The van der Waals surface area contributed by atoms with Gasteiger partial charge in [0.15, 0.2) is 0 Å². The molecular formula is C21H24N6O3S. The van der Waals surface area contributed by atoms with Crippen molar-refractivity contribution in [2.45, 2.75) is 31.8 Å². The van der Waals surface area contributed by atoms with Gasteiger partial charge in [-0.05, 0) is 52.2 Å². The highest BCUT2D eigenvalue weighted by molar-refractivity contribution is 7.99. The lowest BCUT2D eigenvalue weighted by Gasteiger charge is -2.12. The average Bonchev–Trinajstić information content (AvgIpc) is 3.21. The van der Waals surface area contributed by atoms with E-state index in [4.69, 9.17) is 4.74 Å². The average molecular weight is 441 g/mol. The van der Waals surface area contributed by atoms with Gasteiger partial charge in [-0.15, -0.1) is 5.10 Å². The van der Waals surface area contributed by atoms with Crippen LogP contribution in [0.25, 0.3) is 5.69 Å². The van der Waals surface area contributed by atoms with E-state index in [9.17, 15) is 9.59 Å². The van der Waals surface area contributed by atoms with Crippen LogP contribution in [0.2, 0.25) is 0 Å². The van der Waals surface area contributed by atoms with E-state index in [1.165, 1.54) is 31.4 Å². The van der Waals surface area contributed by atoms with Crippen LogP contribution in [0.4, 0.5) is 11.4 Å². The van der Waals surface area contributed by atoms with Gasteiger partial charge in [-0.2, -0.15) is 4.68 Å². The number of nitrogens with zero attached hydrogens (tertiary/aromatic N) is 4. The number of benzene rings is 2. The fraction of sp³-hybridized carbons (Fsp3) is 0.286. The first kappa shape index (κ1) is 22.3. The molecule has 3 rings (SSSR count). The number of ether oxygens (including phenoxy) is 1. The number of rotatable bonds is 8. The fourth-order valence-electron chi connectivity index (χ4n) is 2.83. The van der Waals surface area contributed by atoms with Gasteiger partial charge in [0, 0.05) is 12.6 Å². The normalized spacial score (nSPS) is 10.7. The van der Waals surface area contributed by atoms with E-state index in [2.05, 4.69) is 40.0 Å². The van der Waals surface area contributed by atoms with Crippen molar-refractivity contribution in [2.24, 2.45) is 0 Å². The van der Waals surface area contributed by atoms with Crippen LogP contribution < -0.4 is 15.4 Å². The van der Waals surface area contributed by atoms with Crippen LogP contribution in [0.3, 0.4) is 0 Å². The van der Waals surface area contributed by atoms with E-state index in [0.717, 1.165) is 5.69 Å². The van der Waals surface area contributed by atoms with Gasteiger partial charge in [0.2, 0.25) is 17.0 Å². The summed E-state index contributed by atoms with van der Waals surface area (Å²) in [6.07, 6.45) is 0. The number of methoxy groups -OCH3 is 1. The van der Waals surface area contributed by atoms with Crippen molar-refractivity contribution < 1.29 is 14.3 Å². The van der Waals surface area contributed by atoms with Crippen molar-refractivity contribution in [3.63, 3.8) is 0 Å². The first-order valence-electron chi connectivity index (χ1n) is 9.64. The monoisotopic (exact) mass is 440 g/mol. The van der Waals surface area contributed by atoms with Crippen molar-refractivity contribution >= 4 is 35.0 Å². The molecule has 2 aromatic carbocycles. The van der Waals surface area contributed by atoms with Gasteiger partial charge in [-0.1, -0.05) is 37.7 Å². The summed E-state index contributed by atoms with van der Waals surface area (Å²) in [6.45, 7) is 5.68. The minimum absolute atomic E-state index is 0.0952. The molecule has 162 valence electrons. The number of amides is 2. The van der Waals surface area contributed by atoms with Crippen molar-refractivity contribution in [3.05, 3.63) is 48.0 Å². The molecule has 2 N–H and O–H groups in total. The molecule has 3 aromatic rings. The second-order valence-corrected chi connectivity index (χ2v) is 8.00. The highest BCUT2D eigenvalue weighted by atomic mass is 32.2. The Morgan fingerprint density at radius 1 is 1.13 bits per heavy atom. The molecule has 1 heterocycles. The smallest absolute Gasteiger partial charge is 0.234 e. The molecule has 0 radical (unpaired) electrons. The second kappa shape index (κ2) is 10.1. The highest BCUT2D eigenvalue weighted by Gasteiger charge is 2.14. The van der Waals surface area contributed by atoms with E-state index in [-0.39, 0.29) is 17.6 Å². The molecule has 0 saturated heterocycles. The summed E-state index contributed by atoms with van der Waals surface area (Å²) in [5.74, 6) is 0.557. The van der Waals surface area contributed by atoms with Gasteiger partial charge in [0.1, 0.15) is 5.75 Å². The number of hydrogen-bond acceptors (Lipinski definition) is 7. The zero-order chi connectivity index (χ0) is 22.4. The molecule has 10 heteroatoms. The predicted octanol–water partition coefficient (Wildman–Crippen LogP) is 3.48. The minimum Gasteiger partial charge on any atom is -0.495 e. The van der Waals surface area contributed by atoms with Gasteiger partial charge >= 0.3 is 0 Å². The molecule has 0 fully saturated rings. The van der Waals surface area contributed by atoms with Crippen LogP contribution >= 0.6 is 11.8 Å². The molecule has 0 saturated carbocycles. The third-order valence-corrected chi connectivity index (χ3v) is 5.29. The zero-order valence-corrected chi connectivity index (χ0v) is 18.6. The summed E-state index contributed by atoms with van der Waals surface area (Å²) < 4.78 is 6.89. The first-order chi connectivity index (χ1) is 14.9. The molecule has 9 nitrogen and oxygen atoms in total. The van der Waals surface area contributed by atoms with Crippen molar-refractivity contribution in [2.75, 3.05) is 23.5 Å². The topological polar surface area (TPSA) is 111 Å². The van der Waals surface area contributed by atoms with E-state index in [1.54, 1.807) is 22.9 Å². The number of thioether (sulfide) groups is 1. The number of anilines is 2. The van der Waals surface area contributed by atoms with Crippen LogP contribution in [0.15, 0.2) is 47.6 Å². The molecular weight excluding hydrogens is 416 g/mol. The van der Waals surface area contributed by atoms with E-state index in [0.29, 0.717) is 28.2 Å². The maximum absolute atomic E-state index is 12.5. The highest BCUT2D eigenvalue weighted by Crippen LogP contribution is 2.28. The van der Waals surface area contributed by atoms with Gasteiger partial charge in [-0.25, -0.2) is 0 Å². The summed E-state index contributed by atoms with van der Waals surface area (Å²) in [5, 5.41) is 17.8. The van der Waals surface area contributed by atoms with Crippen LogP contribution in [0.1, 0.15) is 32.3 Å². The fourth-order valence-corrected chi connectivity index (χ4v) is 3.53. The maximum Gasteiger partial charge on any atom is 0.234 e. The lowest BCUT2D eigenvalue weighted by Crippen LogP contribution is -2.16. The minimum atomic E-state index is -0.256. The van der Waals surface area contributed by atoms with Gasteiger partial charge in [0.05, 0.1) is 24.2 Å². The summed E-state index contributed by atoms with van der Waals surface area (Å²) in [4.78, 5) is 23.8. The van der Waals surface area contributed by atoms with Crippen molar-refractivity contribution in [3.8, 4) is 11.4 Å². The predicted molar refractivity (Wildman–Crippen MR) is 120 cm³/mol. The lowest BCUT2D eigenvalue weighted by atomic mass is 10.0. The van der Waals surface area contributed by atoms with Crippen molar-refractivity contribution in [1.82, 2.24) is 20.2 Å². The van der Waals surface area contributed by atoms with Gasteiger partial charge < -0.3 is 15.4 Å². The summed E-state index contributed by atoms with van der Waals surface area (Å²) in [5.41, 5.74) is 3.07. The molecule has 2 amide bonds. The quantitative estimate of drug-likeness (QED) is 0.516. The molecule has 0 aliphatic rings. The number of carbonyl (C=O) groups is 2. The third kappa shape index (κ3) is 5.82. The Kier molecular flexibility index (Phi) is 7.24. The Morgan fingerprint density at radius 2 is 1.87 bits per heavy atom. The molecule has 0 aliphatic heterocycles. The Morgan fingerprint density at radius 3 is 2.52 bits per heavy atom. The Labute approximate surface area is 184 Å². The number of tetrazole rings is 1. The van der Waals surface area contributed by atoms with Gasteiger partial charge in [0.25, 0.3) is 0 Å². The number of carbonyl (C=O) groups excluding carboxylic acids is 2. The van der Waals surface area contributed by atoms with Crippen LogP contribution in [0, 0.1) is 0 Å². The van der Waals surface area contributed by atoms with Crippen molar-refractivity contribution in [1.29, 1.82) is 0 Å². The van der Waals surface area contributed by atoms with Crippen LogP contribution in [0.5, 0.6) is 5.75 Å². The molecule has 0 bridgehead atoms. The Bertz CT molecular complexity index is 1070. The van der Waals surface area contributed by atoms with E-state index in [1.807, 2.05) is 24.3 Å². The second-order valence-electron chi connectivity index (χ2n) is 7.05. The summed E-state index contributed by atoms with van der Waals surface area (Å²) in [7, 11) is 1.51.